The summed E-state index contributed by atoms with van der Waals surface area (Å²) in [5.41, 5.74) is 1.53. The molecule has 8 heteroatoms. The van der Waals surface area contributed by atoms with Gasteiger partial charge < -0.3 is 29.3 Å². The lowest BCUT2D eigenvalue weighted by Crippen LogP contribution is -2.61. The summed E-state index contributed by atoms with van der Waals surface area (Å²) < 4.78 is 16.7. The van der Waals surface area contributed by atoms with Gasteiger partial charge in [-0.2, -0.15) is 0 Å². The summed E-state index contributed by atoms with van der Waals surface area (Å²) in [4.78, 5) is 25.5. The van der Waals surface area contributed by atoms with Gasteiger partial charge in [0.2, 0.25) is 0 Å². The van der Waals surface area contributed by atoms with Crippen molar-refractivity contribution < 1.29 is 34.0 Å². The number of carbonyl (C=O) groups is 2. The Hall–Kier alpha value is -2.74. The Morgan fingerprint density at radius 1 is 1.23 bits per heavy atom. The van der Waals surface area contributed by atoms with Crippen LogP contribution < -0.4 is 4.74 Å². The molecule has 2 bridgehead atoms. The second-order valence-electron chi connectivity index (χ2n) is 8.68. The third-order valence-electron chi connectivity index (χ3n) is 7.17. The van der Waals surface area contributed by atoms with Crippen molar-refractivity contribution in [2.75, 3.05) is 27.8 Å². The minimum absolute atomic E-state index is 0.0840. The van der Waals surface area contributed by atoms with Gasteiger partial charge in [0.1, 0.15) is 5.76 Å². The number of carboxylic acid groups (broad SMARTS) is 1. The fourth-order valence-corrected chi connectivity index (χ4v) is 5.71. The number of methoxy groups -OCH3 is 2. The number of phenolic OH excluding ortho intramolecular Hbond substituents is 1. The predicted octanol–water partition coefficient (Wildman–Crippen LogP) is 2.23. The summed E-state index contributed by atoms with van der Waals surface area (Å²) in [5, 5.41) is 20.0. The van der Waals surface area contributed by atoms with Crippen molar-refractivity contribution in [3.63, 3.8) is 0 Å². The minimum Gasteiger partial charge on any atom is -0.504 e. The molecule has 0 aromatic heterocycles. The van der Waals surface area contributed by atoms with Crippen LogP contribution in [0.3, 0.4) is 0 Å². The summed E-state index contributed by atoms with van der Waals surface area (Å²) >= 11 is 0. The van der Waals surface area contributed by atoms with Crippen LogP contribution in [0.1, 0.15) is 36.8 Å². The number of aliphatic carboxylic acids is 1. The highest BCUT2D eigenvalue weighted by Crippen LogP contribution is 2.58. The average molecular weight is 431 g/mol. The molecule has 1 unspecified atom stereocenters. The number of hydrogen-bond acceptors (Lipinski definition) is 7. The van der Waals surface area contributed by atoms with Gasteiger partial charge in [0, 0.05) is 29.4 Å². The molecule has 1 aromatic rings. The number of hydrogen-bond donors (Lipinski definition) is 2. The number of nitrogens with zero attached hydrogens (tertiary/aromatic N) is 1. The number of piperidine rings is 1. The maximum absolute atomic E-state index is 12.3. The van der Waals surface area contributed by atoms with Gasteiger partial charge >= 0.3 is 11.9 Å². The molecule has 0 amide bonds. The summed E-state index contributed by atoms with van der Waals surface area (Å²) in [7, 11) is 5.20. The standard InChI is InChI=1S/C23H29NO7/c1-24-9-8-23-12-18(31-20(27)7-6-19(25)26)17(30-3)11-14(23)15(24)10-13-4-5-16(29-2)22(28)21(13)23/h4-5,11,14-15,18,28H,6-10,12H2,1-3H3,(H,25,26)/t14-,15+,18?,23-/m0/s1. The van der Waals surface area contributed by atoms with E-state index in [1.165, 1.54) is 7.11 Å². The van der Waals surface area contributed by atoms with Crippen molar-refractivity contribution in [2.45, 2.75) is 49.7 Å². The van der Waals surface area contributed by atoms with Crippen molar-refractivity contribution >= 4 is 11.9 Å². The van der Waals surface area contributed by atoms with Gasteiger partial charge in [-0.05, 0) is 44.1 Å². The number of rotatable bonds is 6. The fourth-order valence-electron chi connectivity index (χ4n) is 5.71. The van der Waals surface area contributed by atoms with Crippen LogP contribution in [0.2, 0.25) is 0 Å². The SMILES string of the molecule is COC1=C[C@H]2[C@H]3Cc4ccc(OC)c(O)c4[C@@]2(CCN3C)CC1OC(=O)CCC(=O)O. The largest absolute Gasteiger partial charge is 0.504 e. The van der Waals surface area contributed by atoms with E-state index in [0.29, 0.717) is 17.9 Å². The van der Waals surface area contributed by atoms with Gasteiger partial charge in [-0.1, -0.05) is 6.07 Å². The van der Waals surface area contributed by atoms with E-state index in [-0.39, 0.29) is 30.6 Å². The number of phenols is 1. The highest BCUT2D eigenvalue weighted by molar-refractivity contribution is 5.76. The molecular formula is C23H29NO7. The number of aromatic hydroxyl groups is 1. The Morgan fingerprint density at radius 2 is 2.00 bits per heavy atom. The number of benzene rings is 1. The van der Waals surface area contributed by atoms with Crippen molar-refractivity contribution in [3.8, 4) is 11.5 Å². The third kappa shape index (κ3) is 3.52. The first kappa shape index (κ1) is 21.5. The van der Waals surface area contributed by atoms with Crippen LogP contribution in [-0.4, -0.2) is 67.0 Å². The van der Waals surface area contributed by atoms with Crippen LogP contribution in [0.15, 0.2) is 24.0 Å². The van der Waals surface area contributed by atoms with E-state index in [9.17, 15) is 14.7 Å². The Morgan fingerprint density at radius 3 is 2.68 bits per heavy atom. The van der Waals surface area contributed by atoms with E-state index in [0.717, 1.165) is 30.5 Å². The van der Waals surface area contributed by atoms with E-state index in [1.807, 2.05) is 12.1 Å². The zero-order chi connectivity index (χ0) is 22.3. The molecule has 3 aliphatic rings. The van der Waals surface area contributed by atoms with Gasteiger partial charge in [-0.3, -0.25) is 9.59 Å². The van der Waals surface area contributed by atoms with Gasteiger partial charge in [-0.15, -0.1) is 0 Å². The smallest absolute Gasteiger partial charge is 0.307 e. The molecule has 1 aromatic carbocycles. The molecule has 8 nitrogen and oxygen atoms in total. The first-order chi connectivity index (χ1) is 14.8. The van der Waals surface area contributed by atoms with Crippen molar-refractivity contribution in [2.24, 2.45) is 5.92 Å². The van der Waals surface area contributed by atoms with Crippen LogP contribution in [0, 0.1) is 5.92 Å². The Bertz CT molecular complexity index is 927. The molecule has 1 aliphatic heterocycles. The fraction of sp³-hybridized carbons (Fsp3) is 0.565. The van der Waals surface area contributed by atoms with Crippen LogP contribution >= 0.6 is 0 Å². The number of ether oxygens (including phenoxy) is 3. The van der Waals surface area contributed by atoms with Crippen LogP contribution in [0.4, 0.5) is 0 Å². The highest BCUT2D eigenvalue weighted by atomic mass is 16.6. The number of carboxylic acids is 1. The maximum atomic E-state index is 12.3. The summed E-state index contributed by atoms with van der Waals surface area (Å²) in [6.07, 6.45) is 2.98. The zero-order valence-corrected chi connectivity index (χ0v) is 18.1. The topological polar surface area (TPSA) is 106 Å². The second kappa shape index (κ2) is 8.07. The molecule has 4 atom stereocenters. The molecule has 0 saturated carbocycles. The van der Waals surface area contributed by atoms with Gasteiger partial charge in [0.25, 0.3) is 0 Å². The van der Waals surface area contributed by atoms with E-state index < -0.39 is 23.5 Å². The van der Waals surface area contributed by atoms with Crippen molar-refractivity contribution in [1.29, 1.82) is 0 Å². The molecule has 31 heavy (non-hydrogen) atoms. The lowest BCUT2D eigenvalue weighted by atomic mass is 9.53. The first-order valence-electron chi connectivity index (χ1n) is 10.6. The quantitative estimate of drug-likeness (QED) is 0.661. The summed E-state index contributed by atoms with van der Waals surface area (Å²) in [5.74, 6) is -0.367. The minimum atomic E-state index is -1.04. The van der Waals surface area contributed by atoms with Crippen molar-refractivity contribution in [1.82, 2.24) is 4.90 Å². The van der Waals surface area contributed by atoms with E-state index in [4.69, 9.17) is 19.3 Å². The van der Waals surface area contributed by atoms with Crippen LogP contribution in [0.5, 0.6) is 11.5 Å². The number of likely N-dealkylation sites (N-methyl/N-ethyl adjacent to an activating group) is 1. The Balaban J connectivity index is 1.76. The molecule has 0 radical (unpaired) electrons. The predicted molar refractivity (Wildman–Crippen MR) is 111 cm³/mol. The second-order valence-corrected chi connectivity index (χ2v) is 8.68. The van der Waals surface area contributed by atoms with Crippen LogP contribution in [0.25, 0.3) is 0 Å². The molecule has 2 aliphatic carbocycles. The van der Waals surface area contributed by atoms with Gasteiger partial charge in [0.05, 0.1) is 27.1 Å². The molecule has 4 rings (SSSR count). The molecule has 2 N–H and O–H groups in total. The number of likely N-dealkylation sites (tertiary alicyclic amines) is 1. The van der Waals surface area contributed by atoms with Gasteiger partial charge in [0.15, 0.2) is 17.6 Å². The van der Waals surface area contributed by atoms with E-state index >= 15 is 0 Å². The normalized spacial score (nSPS) is 29.3. The molecule has 1 fully saturated rings. The molecule has 0 spiro atoms. The van der Waals surface area contributed by atoms with E-state index in [2.05, 4.69) is 11.9 Å². The lowest BCUT2D eigenvalue weighted by molar-refractivity contribution is -0.154. The summed E-state index contributed by atoms with van der Waals surface area (Å²) in [6.45, 7) is 0.854. The van der Waals surface area contributed by atoms with Crippen LogP contribution in [-0.2, 0) is 30.9 Å². The molecule has 1 heterocycles. The monoisotopic (exact) mass is 431 g/mol. The van der Waals surface area contributed by atoms with Gasteiger partial charge in [-0.25, -0.2) is 0 Å². The number of esters is 1. The zero-order valence-electron chi connectivity index (χ0n) is 18.1. The highest BCUT2D eigenvalue weighted by Gasteiger charge is 2.57. The molecular weight excluding hydrogens is 402 g/mol. The number of fused-ring (bicyclic) bond motifs is 1. The molecule has 168 valence electrons. The lowest BCUT2D eigenvalue weighted by Gasteiger charge is -2.57. The third-order valence-corrected chi connectivity index (χ3v) is 7.17. The first-order valence-corrected chi connectivity index (χ1v) is 10.6. The van der Waals surface area contributed by atoms with E-state index in [1.54, 1.807) is 13.2 Å². The number of carbonyl (C=O) groups excluding carboxylic acids is 1. The maximum Gasteiger partial charge on any atom is 0.307 e. The summed E-state index contributed by atoms with van der Waals surface area (Å²) in [6, 6.07) is 4.05. The Labute approximate surface area is 181 Å². The Kier molecular flexibility index (Phi) is 5.60. The van der Waals surface area contributed by atoms with Crippen molar-refractivity contribution in [3.05, 3.63) is 35.1 Å². The average Bonchev–Trinajstić information content (AvgIpc) is 2.74. The molecule has 1 saturated heterocycles.